The molecule has 162 valence electrons. The molecule has 1 amide bonds. The number of thiazole rings is 1. The molecular formula is C24H19ClN2O3S2. The molecule has 2 heterocycles. The summed E-state index contributed by atoms with van der Waals surface area (Å²) in [5.74, 6) is 0.953. The summed E-state index contributed by atoms with van der Waals surface area (Å²) in [6, 6.07) is 17.0. The van der Waals surface area contributed by atoms with Crippen LogP contribution < -0.4 is 14.8 Å². The predicted molar refractivity (Wildman–Crippen MR) is 132 cm³/mol. The number of ether oxygens (including phenoxy) is 2. The highest BCUT2D eigenvalue weighted by Gasteiger charge is 2.08. The first-order valence-corrected chi connectivity index (χ1v) is 11.8. The molecule has 0 unspecified atom stereocenters. The van der Waals surface area contributed by atoms with Gasteiger partial charge in [0.25, 0.3) is 0 Å². The average Bonchev–Trinajstić information content (AvgIpc) is 3.50. The zero-order chi connectivity index (χ0) is 22.3. The Kier molecular flexibility index (Phi) is 7.21. The summed E-state index contributed by atoms with van der Waals surface area (Å²) in [7, 11) is 1.58. The molecule has 0 atom stereocenters. The maximum Gasteiger partial charge on any atom is 0.250 e. The summed E-state index contributed by atoms with van der Waals surface area (Å²) in [6.07, 6.45) is 3.18. The van der Waals surface area contributed by atoms with Crippen LogP contribution in [-0.4, -0.2) is 18.0 Å². The number of anilines is 1. The number of rotatable bonds is 8. The first kappa shape index (κ1) is 22.1. The van der Waals surface area contributed by atoms with Gasteiger partial charge < -0.3 is 9.47 Å². The van der Waals surface area contributed by atoms with Crippen LogP contribution in [0.5, 0.6) is 11.5 Å². The smallest absolute Gasteiger partial charge is 0.250 e. The Morgan fingerprint density at radius 1 is 1.12 bits per heavy atom. The van der Waals surface area contributed by atoms with Crippen LogP contribution in [-0.2, 0) is 11.4 Å². The molecule has 0 aliphatic rings. The number of carbonyl (C=O) groups excluding carboxylic acids is 1. The highest BCUT2D eigenvalue weighted by molar-refractivity contribution is 7.16. The second kappa shape index (κ2) is 10.5. The SMILES string of the molecule is COc1cc(/C=C/C(=O)Nc2nc(-c3cccs3)cs2)ccc1OCc1ccc(Cl)cc1. The summed E-state index contributed by atoms with van der Waals surface area (Å²) in [6.45, 7) is 0.395. The molecule has 2 aromatic carbocycles. The fraction of sp³-hybridized carbons (Fsp3) is 0.0833. The van der Waals surface area contributed by atoms with E-state index < -0.39 is 0 Å². The van der Waals surface area contributed by atoms with Gasteiger partial charge in [-0.05, 0) is 52.9 Å². The van der Waals surface area contributed by atoms with Crippen LogP contribution in [0.3, 0.4) is 0 Å². The largest absolute Gasteiger partial charge is 0.493 e. The fourth-order valence-electron chi connectivity index (χ4n) is 2.84. The molecule has 0 spiro atoms. The first-order chi connectivity index (χ1) is 15.6. The maximum atomic E-state index is 12.3. The number of carbonyl (C=O) groups is 1. The molecule has 4 rings (SSSR count). The van der Waals surface area contributed by atoms with Gasteiger partial charge >= 0.3 is 0 Å². The minimum Gasteiger partial charge on any atom is -0.493 e. The minimum atomic E-state index is -0.251. The van der Waals surface area contributed by atoms with Gasteiger partial charge in [-0.15, -0.1) is 22.7 Å². The first-order valence-electron chi connectivity index (χ1n) is 9.64. The van der Waals surface area contributed by atoms with E-state index in [1.807, 2.05) is 65.4 Å². The van der Waals surface area contributed by atoms with Gasteiger partial charge in [0, 0.05) is 16.5 Å². The van der Waals surface area contributed by atoms with E-state index in [0.717, 1.165) is 21.7 Å². The summed E-state index contributed by atoms with van der Waals surface area (Å²) < 4.78 is 11.3. The number of hydrogen-bond acceptors (Lipinski definition) is 6. The van der Waals surface area contributed by atoms with Gasteiger partial charge in [0.2, 0.25) is 5.91 Å². The van der Waals surface area contributed by atoms with Crippen molar-refractivity contribution in [2.24, 2.45) is 0 Å². The van der Waals surface area contributed by atoms with Crippen LogP contribution in [0, 0.1) is 0 Å². The highest BCUT2D eigenvalue weighted by Crippen LogP contribution is 2.30. The second-order valence-corrected chi connectivity index (χ2v) is 8.91. The molecule has 5 nitrogen and oxygen atoms in total. The molecule has 0 radical (unpaired) electrons. The van der Waals surface area contributed by atoms with E-state index in [4.69, 9.17) is 21.1 Å². The zero-order valence-corrected chi connectivity index (χ0v) is 19.5. The summed E-state index contributed by atoms with van der Waals surface area (Å²) in [5, 5.41) is 7.97. The monoisotopic (exact) mass is 482 g/mol. The van der Waals surface area contributed by atoms with Gasteiger partial charge in [-0.2, -0.15) is 0 Å². The van der Waals surface area contributed by atoms with Gasteiger partial charge in [-0.3, -0.25) is 10.1 Å². The number of halogens is 1. The van der Waals surface area contributed by atoms with Crippen molar-refractivity contribution >= 4 is 51.4 Å². The third-order valence-electron chi connectivity index (χ3n) is 4.43. The number of hydrogen-bond donors (Lipinski definition) is 1. The summed E-state index contributed by atoms with van der Waals surface area (Å²) >= 11 is 8.92. The van der Waals surface area contributed by atoms with Gasteiger partial charge in [0.1, 0.15) is 6.61 Å². The van der Waals surface area contributed by atoms with Crippen LogP contribution in [0.25, 0.3) is 16.6 Å². The van der Waals surface area contributed by atoms with Crippen molar-refractivity contribution in [2.75, 3.05) is 12.4 Å². The van der Waals surface area contributed by atoms with E-state index in [0.29, 0.717) is 28.3 Å². The van der Waals surface area contributed by atoms with Crippen molar-refractivity contribution in [2.45, 2.75) is 6.61 Å². The lowest BCUT2D eigenvalue weighted by Gasteiger charge is -2.11. The second-order valence-electron chi connectivity index (χ2n) is 6.66. The predicted octanol–water partition coefficient (Wildman–Crippen LogP) is 6.76. The average molecular weight is 483 g/mol. The lowest BCUT2D eigenvalue weighted by molar-refractivity contribution is -0.111. The minimum absolute atomic E-state index is 0.251. The molecule has 1 N–H and O–H groups in total. The number of nitrogens with one attached hydrogen (secondary N) is 1. The number of nitrogens with zero attached hydrogens (tertiary/aromatic N) is 1. The Balaban J connectivity index is 1.36. The van der Waals surface area contributed by atoms with Gasteiger partial charge in [0.15, 0.2) is 16.6 Å². The van der Waals surface area contributed by atoms with Gasteiger partial charge in [-0.25, -0.2) is 4.98 Å². The van der Waals surface area contributed by atoms with Crippen molar-refractivity contribution in [3.05, 3.63) is 87.6 Å². The number of amides is 1. The van der Waals surface area contributed by atoms with E-state index in [-0.39, 0.29) is 5.91 Å². The Morgan fingerprint density at radius 3 is 2.72 bits per heavy atom. The van der Waals surface area contributed by atoms with E-state index in [9.17, 15) is 4.79 Å². The third kappa shape index (κ3) is 5.76. The van der Waals surface area contributed by atoms with Crippen molar-refractivity contribution in [1.29, 1.82) is 0 Å². The molecule has 0 saturated carbocycles. The molecule has 0 aliphatic heterocycles. The Hall–Kier alpha value is -3.13. The maximum absolute atomic E-state index is 12.3. The third-order valence-corrected chi connectivity index (χ3v) is 6.33. The number of aromatic nitrogens is 1. The molecule has 0 bridgehead atoms. The topological polar surface area (TPSA) is 60.5 Å². The Morgan fingerprint density at radius 2 is 1.97 bits per heavy atom. The van der Waals surface area contributed by atoms with E-state index in [2.05, 4.69) is 10.3 Å². The zero-order valence-electron chi connectivity index (χ0n) is 17.1. The lowest BCUT2D eigenvalue weighted by atomic mass is 10.2. The summed E-state index contributed by atoms with van der Waals surface area (Å²) in [4.78, 5) is 17.8. The number of methoxy groups -OCH3 is 1. The molecule has 8 heteroatoms. The molecular weight excluding hydrogens is 464 g/mol. The molecule has 0 saturated heterocycles. The quantitative estimate of drug-likeness (QED) is 0.282. The Bertz CT molecular complexity index is 1220. The van der Waals surface area contributed by atoms with Crippen molar-refractivity contribution in [3.8, 4) is 22.1 Å². The summed E-state index contributed by atoms with van der Waals surface area (Å²) in [5.41, 5.74) is 2.68. The van der Waals surface area contributed by atoms with E-state index >= 15 is 0 Å². The Labute approximate surface area is 198 Å². The van der Waals surface area contributed by atoms with Crippen molar-refractivity contribution in [1.82, 2.24) is 4.98 Å². The normalized spacial score (nSPS) is 10.9. The van der Waals surface area contributed by atoms with Crippen LogP contribution in [0.2, 0.25) is 5.02 Å². The van der Waals surface area contributed by atoms with Gasteiger partial charge in [0.05, 0.1) is 17.7 Å². The fourth-order valence-corrected chi connectivity index (χ4v) is 4.44. The van der Waals surface area contributed by atoms with Crippen LogP contribution in [0.4, 0.5) is 5.13 Å². The molecule has 0 aliphatic carbocycles. The molecule has 4 aromatic rings. The van der Waals surface area contributed by atoms with Crippen LogP contribution >= 0.6 is 34.3 Å². The molecule has 0 fully saturated rings. The van der Waals surface area contributed by atoms with E-state index in [1.54, 1.807) is 24.5 Å². The van der Waals surface area contributed by atoms with Crippen molar-refractivity contribution in [3.63, 3.8) is 0 Å². The van der Waals surface area contributed by atoms with Crippen LogP contribution in [0.1, 0.15) is 11.1 Å². The molecule has 32 heavy (non-hydrogen) atoms. The number of thiophene rings is 1. The van der Waals surface area contributed by atoms with E-state index in [1.165, 1.54) is 17.4 Å². The highest BCUT2D eigenvalue weighted by atomic mass is 35.5. The molecule has 2 aromatic heterocycles. The van der Waals surface area contributed by atoms with Gasteiger partial charge in [-0.1, -0.05) is 35.9 Å². The standard InChI is InChI=1S/C24H19ClN2O3S2/c1-29-21-13-16(6-10-20(21)30-14-17-4-8-18(25)9-5-17)7-11-23(28)27-24-26-19(15-32-24)22-3-2-12-31-22/h2-13,15H,14H2,1H3,(H,26,27,28)/b11-7+. The lowest BCUT2D eigenvalue weighted by Crippen LogP contribution is -2.07. The van der Waals surface area contributed by atoms with Crippen LogP contribution in [0.15, 0.2) is 71.4 Å². The van der Waals surface area contributed by atoms with Crippen molar-refractivity contribution < 1.29 is 14.3 Å². The number of benzene rings is 2.